The van der Waals surface area contributed by atoms with Crippen molar-refractivity contribution in [2.45, 2.75) is 25.4 Å². The van der Waals surface area contributed by atoms with Gasteiger partial charge in [-0.25, -0.2) is 4.98 Å². The van der Waals surface area contributed by atoms with Gasteiger partial charge in [-0.2, -0.15) is 0 Å². The molecule has 0 radical (unpaired) electrons. The number of carbonyl (C=O) groups excluding carboxylic acids is 2. The van der Waals surface area contributed by atoms with Crippen LogP contribution in [0.25, 0.3) is 0 Å². The van der Waals surface area contributed by atoms with Gasteiger partial charge in [0.1, 0.15) is 18.5 Å². The van der Waals surface area contributed by atoms with Crippen LogP contribution in [0.4, 0.5) is 0 Å². The number of likely N-dealkylation sites (tertiary alicyclic amines) is 1. The zero-order valence-corrected chi connectivity index (χ0v) is 16.7. The Morgan fingerprint density at radius 1 is 1.29 bits per heavy atom. The molecule has 2 aromatic rings. The van der Waals surface area contributed by atoms with Gasteiger partial charge in [0.05, 0.1) is 16.8 Å². The van der Waals surface area contributed by atoms with Crippen LogP contribution in [0, 0.1) is 0 Å². The molecule has 0 unspecified atom stereocenters. The van der Waals surface area contributed by atoms with E-state index in [2.05, 4.69) is 10.3 Å². The lowest BCUT2D eigenvalue weighted by molar-refractivity contribution is -0.136. The Morgan fingerprint density at radius 3 is 2.79 bits per heavy atom. The summed E-state index contributed by atoms with van der Waals surface area (Å²) in [5.41, 5.74) is 3.29. The first kappa shape index (κ1) is 20.3. The molecule has 1 fully saturated rings. The second-order valence-corrected chi connectivity index (χ2v) is 7.33. The van der Waals surface area contributed by atoms with E-state index < -0.39 is 0 Å². The van der Waals surface area contributed by atoms with E-state index in [1.54, 1.807) is 27.8 Å². The molecular weight excluding hydrogens is 378 g/mol. The van der Waals surface area contributed by atoms with Gasteiger partial charge in [0.15, 0.2) is 0 Å². The molecule has 1 aliphatic rings. The van der Waals surface area contributed by atoms with Crippen LogP contribution in [-0.2, 0) is 16.0 Å². The largest absolute Gasteiger partial charge is 0.489 e. The highest BCUT2D eigenvalue weighted by atomic mass is 32.1. The van der Waals surface area contributed by atoms with Crippen LogP contribution in [0.5, 0.6) is 5.75 Å². The maximum Gasteiger partial charge on any atom is 0.255 e. The number of nitrogens with zero attached hydrogens (tertiary/aromatic N) is 2. The fraction of sp³-hybridized carbons (Fsp3) is 0.450. The fourth-order valence-corrected chi connectivity index (χ4v) is 3.73. The van der Waals surface area contributed by atoms with E-state index in [0.29, 0.717) is 37.4 Å². The average molecular weight is 404 g/mol. The Hall–Kier alpha value is -2.45. The van der Waals surface area contributed by atoms with Crippen molar-refractivity contribution in [2.75, 3.05) is 33.4 Å². The van der Waals surface area contributed by atoms with Gasteiger partial charge in [-0.1, -0.05) is 12.1 Å². The van der Waals surface area contributed by atoms with Gasteiger partial charge >= 0.3 is 0 Å². The van der Waals surface area contributed by atoms with E-state index in [-0.39, 0.29) is 24.5 Å². The minimum absolute atomic E-state index is 0.000778. The van der Waals surface area contributed by atoms with Crippen molar-refractivity contribution in [3.63, 3.8) is 0 Å². The molecule has 0 spiro atoms. The number of para-hydroxylation sites is 1. The first-order valence-electron chi connectivity index (χ1n) is 9.35. The molecule has 2 amide bonds. The second kappa shape index (κ2) is 10.2. The van der Waals surface area contributed by atoms with E-state index in [4.69, 9.17) is 9.47 Å². The molecule has 0 aliphatic carbocycles. The van der Waals surface area contributed by atoms with Gasteiger partial charge in [-0.3, -0.25) is 9.59 Å². The van der Waals surface area contributed by atoms with E-state index in [0.717, 1.165) is 18.5 Å². The van der Waals surface area contributed by atoms with Gasteiger partial charge in [0, 0.05) is 51.4 Å². The molecule has 0 bridgehead atoms. The van der Waals surface area contributed by atoms with Gasteiger partial charge in [-0.05, 0) is 12.1 Å². The van der Waals surface area contributed by atoms with Crippen molar-refractivity contribution in [3.8, 4) is 5.75 Å². The minimum Gasteiger partial charge on any atom is -0.489 e. The SMILES string of the molecule is COCC(=O)N1CCC(Oc2ccccc2C(=O)NCCc2cscn2)CC1. The monoisotopic (exact) mass is 403 g/mol. The summed E-state index contributed by atoms with van der Waals surface area (Å²) in [6.45, 7) is 1.90. The van der Waals surface area contributed by atoms with Crippen LogP contribution in [0.3, 0.4) is 0 Å². The van der Waals surface area contributed by atoms with Crippen LogP contribution >= 0.6 is 11.3 Å². The summed E-state index contributed by atoms with van der Waals surface area (Å²) in [5.74, 6) is 0.426. The first-order valence-corrected chi connectivity index (χ1v) is 10.3. The predicted octanol–water partition coefficient (Wildman–Crippen LogP) is 2.13. The number of ether oxygens (including phenoxy) is 2. The Labute approximate surface area is 168 Å². The van der Waals surface area contributed by atoms with Crippen molar-refractivity contribution < 1.29 is 19.1 Å². The number of thiazole rings is 1. The number of carbonyl (C=O) groups is 2. The number of rotatable bonds is 8. The maximum atomic E-state index is 12.6. The molecule has 8 heteroatoms. The van der Waals surface area contributed by atoms with Crippen LogP contribution in [0.1, 0.15) is 28.9 Å². The van der Waals surface area contributed by atoms with Crippen LogP contribution in [0.15, 0.2) is 35.2 Å². The lowest BCUT2D eigenvalue weighted by atomic mass is 10.1. The number of hydrogen-bond donors (Lipinski definition) is 1. The Morgan fingerprint density at radius 2 is 2.07 bits per heavy atom. The molecule has 1 N–H and O–H groups in total. The highest BCUT2D eigenvalue weighted by Crippen LogP contribution is 2.23. The van der Waals surface area contributed by atoms with E-state index in [1.807, 2.05) is 23.6 Å². The quantitative estimate of drug-likeness (QED) is 0.730. The van der Waals surface area contributed by atoms with Crippen LogP contribution in [0.2, 0.25) is 0 Å². The lowest BCUT2D eigenvalue weighted by Crippen LogP contribution is -2.43. The molecule has 1 aliphatic heterocycles. The fourth-order valence-electron chi connectivity index (χ4n) is 3.13. The molecule has 0 atom stereocenters. The highest BCUT2D eigenvalue weighted by Gasteiger charge is 2.25. The van der Waals surface area contributed by atoms with E-state index in [1.165, 1.54) is 7.11 Å². The summed E-state index contributed by atoms with van der Waals surface area (Å²) in [7, 11) is 1.52. The topological polar surface area (TPSA) is 80.8 Å². The molecule has 2 heterocycles. The molecule has 3 rings (SSSR count). The summed E-state index contributed by atoms with van der Waals surface area (Å²) < 4.78 is 11.0. The van der Waals surface area contributed by atoms with Crippen LogP contribution in [-0.4, -0.2) is 61.2 Å². The number of methoxy groups -OCH3 is 1. The zero-order chi connectivity index (χ0) is 19.8. The Balaban J connectivity index is 1.52. The highest BCUT2D eigenvalue weighted by molar-refractivity contribution is 7.07. The molecule has 28 heavy (non-hydrogen) atoms. The molecule has 1 aromatic heterocycles. The first-order chi connectivity index (χ1) is 13.7. The van der Waals surface area contributed by atoms with E-state index in [9.17, 15) is 9.59 Å². The lowest BCUT2D eigenvalue weighted by Gasteiger charge is -2.32. The van der Waals surface area contributed by atoms with Crippen molar-refractivity contribution in [3.05, 3.63) is 46.4 Å². The molecule has 7 nitrogen and oxygen atoms in total. The minimum atomic E-state index is -0.154. The van der Waals surface area contributed by atoms with Crippen LogP contribution < -0.4 is 10.1 Å². The number of piperidine rings is 1. The third-order valence-electron chi connectivity index (χ3n) is 4.64. The summed E-state index contributed by atoms with van der Waals surface area (Å²) >= 11 is 1.55. The molecule has 150 valence electrons. The standard InChI is InChI=1S/C20H25N3O4S/c1-26-12-19(24)23-10-7-16(8-11-23)27-18-5-3-2-4-17(18)20(25)21-9-6-15-13-28-14-22-15/h2-5,13-14,16H,6-12H2,1H3,(H,21,25). The molecule has 1 aromatic carbocycles. The zero-order valence-electron chi connectivity index (χ0n) is 15.9. The maximum absolute atomic E-state index is 12.6. The Kier molecular flexibility index (Phi) is 7.39. The molecule has 1 saturated heterocycles. The normalized spacial score (nSPS) is 14.7. The molecular formula is C20H25N3O4S. The number of benzene rings is 1. The van der Waals surface area contributed by atoms with Crippen molar-refractivity contribution >= 4 is 23.2 Å². The molecule has 0 saturated carbocycles. The van der Waals surface area contributed by atoms with Gasteiger partial charge < -0.3 is 19.7 Å². The van der Waals surface area contributed by atoms with Gasteiger partial charge in [0.25, 0.3) is 5.91 Å². The summed E-state index contributed by atoms with van der Waals surface area (Å²) in [6.07, 6.45) is 2.15. The second-order valence-electron chi connectivity index (χ2n) is 6.61. The number of aromatic nitrogens is 1. The third kappa shape index (κ3) is 5.53. The van der Waals surface area contributed by atoms with Crippen molar-refractivity contribution in [1.29, 1.82) is 0 Å². The summed E-state index contributed by atoms with van der Waals surface area (Å²) in [5, 5.41) is 4.91. The number of hydrogen-bond acceptors (Lipinski definition) is 6. The predicted molar refractivity (Wildman–Crippen MR) is 107 cm³/mol. The summed E-state index contributed by atoms with van der Waals surface area (Å²) in [6, 6.07) is 7.27. The number of nitrogens with one attached hydrogen (secondary N) is 1. The van der Waals surface area contributed by atoms with Crippen molar-refractivity contribution in [2.24, 2.45) is 0 Å². The summed E-state index contributed by atoms with van der Waals surface area (Å²) in [4.78, 5) is 30.5. The third-order valence-corrected chi connectivity index (χ3v) is 5.27. The van der Waals surface area contributed by atoms with Crippen molar-refractivity contribution in [1.82, 2.24) is 15.2 Å². The Bertz CT molecular complexity index is 774. The van der Waals surface area contributed by atoms with Gasteiger partial charge in [-0.15, -0.1) is 11.3 Å². The smallest absolute Gasteiger partial charge is 0.255 e. The number of amides is 2. The average Bonchev–Trinajstić information content (AvgIpc) is 3.22. The van der Waals surface area contributed by atoms with E-state index >= 15 is 0 Å². The van der Waals surface area contributed by atoms with Gasteiger partial charge in [0.2, 0.25) is 5.91 Å².